The molecule has 0 atom stereocenters. The summed E-state index contributed by atoms with van der Waals surface area (Å²) >= 11 is 0. The van der Waals surface area contributed by atoms with Crippen molar-refractivity contribution >= 4 is 16.8 Å². The molecule has 4 rings (SSSR count). The fourth-order valence-electron chi connectivity index (χ4n) is 2.87. The molecule has 0 saturated heterocycles. The summed E-state index contributed by atoms with van der Waals surface area (Å²) in [5.74, 6) is 1.10. The van der Waals surface area contributed by atoms with Gasteiger partial charge in [-0.3, -0.25) is 9.48 Å². The molecule has 0 saturated carbocycles. The van der Waals surface area contributed by atoms with E-state index >= 15 is 0 Å². The lowest BCUT2D eigenvalue weighted by molar-refractivity contribution is 0.0950. The zero-order valence-electron chi connectivity index (χ0n) is 13.3. The van der Waals surface area contributed by atoms with E-state index in [1.165, 1.54) is 0 Å². The minimum Gasteiger partial charge on any atom is -0.454 e. The first-order chi connectivity index (χ1) is 11.8. The molecule has 0 bridgehead atoms. The van der Waals surface area contributed by atoms with Crippen molar-refractivity contribution in [1.82, 2.24) is 15.1 Å². The molecule has 0 spiro atoms. The fourth-order valence-corrected chi connectivity index (χ4v) is 2.87. The summed E-state index contributed by atoms with van der Waals surface area (Å²) in [7, 11) is 0. The van der Waals surface area contributed by atoms with Gasteiger partial charge in [0.2, 0.25) is 6.79 Å². The lowest BCUT2D eigenvalue weighted by Gasteiger charge is -2.05. The van der Waals surface area contributed by atoms with Gasteiger partial charge in [0.15, 0.2) is 11.5 Å². The molecular formula is C18H17N3O3. The summed E-state index contributed by atoms with van der Waals surface area (Å²) in [6, 6.07) is 13.2. The minimum absolute atomic E-state index is 0.163. The number of ether oxygens (including phenoxy) is 2. The van der Waals surface area contributed by atoms with Crippen molar-refractivity contribution in [2.45, 2.75) is 20.0 Å². The number of hydrogen-bond donors (Lipinski definition) is 1. The van der Waals surface area contributed by atoms with Crippen LogP contribution in [0.5, 0.6) is 11.5 Å². The van der Waals surface area contributed by atoms with Crippen LogP contribution in [0.15, 0.2) is 42.5 Å². The molecule has 1 N–H and O–H groups in total. The van der Waals surface area contributed by atoms with Gasteiger partial charge < -0.3 is 14.8 Å². The molecule has 1 aliphatic heterocycles. The highest BCUT2D eigenvalue weighted by Crippen LogP contribution is 2.32. The second-order valence-corrected chi connectivity index (χ2v) is 5.53. The molecule has 1 aromatic heterocycles. The summed E-state index contributed by atoms with van der Waals surface area (Å²) < 4.78 is 12.5. The number of carbonyl (C=O) groups excluding carboxylic acids is 1. The average Bonchev–Trinajstić information content (AvgIpc) is 3.23. The standard InChI is InChI=1S/C18H17N3O3/c1-2-21-15-6-4-3-5-13(15)14(20-21)10-19-18(22)12-7-8-16-17(9-12)24-11-23-16/h3-9H,2,10-11H2,1H3,(H,19,22). The van der Waals surface area contributed by atoms with Crippen LogP contribution < -0.4 is 14.8 Å². The number of hydrogen-bond acceptors (Lipinski definition) is 4. The van der Waals surface area contributed by atoms with Gasteiger partial charge in [-0.25, -0.2) is 0 Å². The van der Waals surface area contributed by atoms with E-state index in [-0.39, 0.29) is 12.7 Å². The SMILES string of the molecule is CCn1nc(CNC(=O)c2ccc3c(c2)OCO3)c2ccccc21. The number of fused-ring (bicyclic) bond motifs is 2. The van der Waals surface area contributed by atoms with Gasteiger partial charge in [-0.05, 0) is 31.2 Å². The van der Waals surface area contributed by atoms with E-state index < -0.39 is 0 Å². The molecule has 1 amide bonds. The maximum Gasteiger partial charge on any atom is 0.251 e. The summed E-state index contributed by atoms with van der Waals surface area (Å²) in [6.07, 6.45) is 0. The van der Waals surface area contributed by atoms with Crippen LogP contribution in [0, 0.1) is 0 Å². The third kappa shape index (κ3) is 2.46. The number of carbonyl (C=O) groups is 1. The van der Waals surface area contributed by atoms with E-state index in [2.05, 4.69) is 17.3 Å². The molecule has 24 heavy (non-hydrogen) atoms. The van der Waals surface area contributed by atoms with Gasteiger partial charge in [-0.2, -0.15) is 5.10 Å². The van der Waals surface area contributed by atoms with Crippen molar-refractivity contribution in [3.63, 3.8) is 0 Å². The van der Waals surface area contributed by atoms with E-state index in [4.69, 9.17) is 9.47 Å². The van der Waals surface area contributed by atoms with E-state index in [1.807, 2.05) is 28.9 Å². The van der Waals surface area contributed by atoms with Crippen molar-refractivity contribution in [2.75, 3.05) is 6.79 Å². The van der Waals surface area contributed by atoms with Crippen molar-refractivity contribution in [2.24, 2.45) is 0 Å². The van der Waals surface area contributed by atoms with Crippen LogP contribution in [0.1, 0.15) is 23.0 Å². The molecule has 0 radical (unpaired) electrons. The highest BCUT2D eigenvalue weighted by molar-refractivity contribution is 5.95. The first-order valence-corrected chi connectivity index (χ1v) is 7.88. The molecule has 6 heteroatoms. The van der Waals surface area contributed by atoms with Crippen LogP contribution in [0.25, 0.3) is 10.9 Å². The van der Waals surface area contributed by atoms with Gasteiger partial charge in [-0.15, -0.1) is 0 Å². The Balaban J connectivity index is 1.54. The predicted octanol–water partition coefficient (Wildman–Crippen LogP) is 2.71. The number of para-hydroxylation sites is 1. The van der Waals surface area contributed by atoms with E-state index in [1.54, 1.807) is 18.2 Å². The van der Waals surface area contributed by atoms with Crippen LogP contribution >= 0.6 is 0 Å². The largest absolute Gasteiger partial charge is 0.454 e. The van der Waals surface area contributed by atoms with Gasteiger partial charge in [0.25, 0.3) is 5.91 Å². The van der Waals surface area contributed by atoms with Crippen molar-refractivity contribution in [3.05, 3.63) is 53.7 Å². The Morgan fingerprint density at radius 1 is 1.21 bits per heavy atom. The predicted molar refractivity (Wildman–Crippen MR) is 89.1 cm³/mol. The highest BCUT2D eigenvalue weighted by atomic mass is 16.7. The highest BCUT2D eigenvalue weighted by Gasteiger charge is 2.17. The Hall–Kier alpha value is -3.02. The third-order valence-electron chi connectivity index (χ3n) is 4.09. The topological polar surface area (TPSA) is 65.4 Å². The molecule has 2 aromatic carbocycles. The summed E-state index contributed by atoms with van der Waals surface area (Å²) in [6.45, 7) is 3.41. The molecule has 1 aliphatic rings. The Morgan fingerprint density at radius 3 is 2.92 bits per heavy atom. The van der Waals surface area contributed by atoms with Gasteiger partial charge >= 0.3 is 0 Å². The van der Waals surface area contributed by atoms with Crippen molar-refractivity contribution in [3.8, 4) is 11.5 Å². The molecule has 0 aliphatic carbocycles. The Kier molecular flexibility index (Phi) is 3.57. The summed E-state index contributed by atoms with van der Waals surface area (Å²) in [4.78, 5) is 12.4. The van der Waals surface area contributed by atoms with Gasteiger partial charge in [-0.1, -0.05) is 18.2 Å². The van der Waals surface area contributed by atoms with Crippen LogP contribution in [0.4, 0.5) is 0 Å². The number of amides is 1. The molecule has 0 fully saturated rings. The number of nitrogens with zero attached hydrogens (tertiary/aromatic N) is 2. The van der Waals surface area contributed by atoms with Gasteiger partial charge in [0.05, 0.1) is 17.8 Å². The smallest absolute Gasteiger partial charge is 0.251 e. The maximum absolute atomic E-state index is 12.4. The Bertz CT molecular complexity index is 917. The molecular weight excluding hydrogens is 306 g/mol. The zero-order valence-corrected chi connectivity index (χ0v) is 13.3. The fraction of sp³-hybridized carbons (Fsp3) is 0.222. The maximum atomic E-state index is 12.4. The minimum atomic E-state index is -0.163. The zero-order chi connectivity index (χ0) is 16.5. The quantitative estimate of drug-likeness (QED) is 0.802. The lowest BCUT2D eigenvalue weighted by atomic mass is 10.1. The summed E-state index contributed by atoms with van der Waals surface area (Å²) in [5, 5.41) is 8.57. The van der Waals surface area contributed by atoms with Crippen molar-refractivity contribution < 1.29 is 14.3 Å². The molecule has 6 nitrogen and oxygen atoms in total. The average molecular weight is 323 g/mol. The van der Waals surface area contributed by atoms with Crippen LogP contribution in [-0.4, -0.2) is 22.5 Å². The monoisotopic (exact) mass is 323 g/mol. The van der Waals surface area contributed by atoms with E-state index in [9.17, 15) is 4.79 Å². The van der Waals surface area contributed by atoms with E-state index in [0.717, 1.165) is 23.1 Å². The second-order valence-electron chi connectivity index (χ2n) is 5.53. The molecule has 2 heterocycles. The first kappa shape index (κ1) is 14.6. The van der Waals surface area contributed by atoms with E-state index in [0.29, 0.717) is 23.6 Å². The molecule has 3 aromatic rings. The molecule has 122 valence electrons. The van der Waals surface area contributed by atoms with Crippen molar-refractivity contribution in [1.29, 1.82) is 0 Å². The second kappa shape index (κ2) is 5.88. The lowest BCUT2D eigenvalue weighted by Crippen LogP contribution is -2.23. The van der Waals surface area contributed by atoms with Gasteiger partial charge in [0, 0.05) is 17.5 Å². The summed E-state index contributed by atoms with van der Waals surface area (Å²) in [5.41, 5.74) is 2.48. The van der Waals surface area contributed by atoms with Crippen LogP contribution in [-0.2, 0) is 13.1 Å². The number of aromatic nitrogens is 2. The number of rotatable bonds is 4. The Morgan fingerprint density at radius 2 is 2.04 bits per heavy atom. The Labute approximate surface area is 139 Å². The number of nitrogens with one attached hydrogen (secondary N) is 1. The number of aryl methyl sites for hydroxylation is 1. The third-order valence-corrected chi connectivity index (χ3v) is 4.09. The molecule has 0 unspecified atom stereocenters. The van der Waals surface area contributed by atoms with Crippen LogP contribution in [0.3, 0.4) is 0 Å². The number of benzene rings is 2. The van der Waals surface area contributed by atoms with Crippen LogP contribution in [0.2, 0.25) is 0 Å². The first-order valence-electron chi connectivity index (χ1n) is 7.88. The normalized spacial score (nSPS) is 12.5. The van der Waals surface area contributed by atoms with Gasteiger partial charge in [0.1, 0.15) is 0 Å².